The molecule has 6 aromatic rings. The lowest BCUT2D eigenvalue weighted by atomic mass is 9.92. The van der Waals surface area contributed by atoms with Gasteiger partial charge in [0.2, 0.25) is 0 Å². The average molecular weight is 745 g/mol. The molecule has 0 aliphatic carbocycles. The number of hydrogen-bond acceptors (Lipinski definition) is 6. The molecule has 1 aliphatic heterocycles. The van der Waals surface area contributed by atoms with Gasteiger partial charge in [0, 0.05) is 4.88 Å². The van der Waals surface area contributed by atoms with Crippen LogP contribution in [-0.2, 0) is 56.5 Å². The summed E-state index contributed by atoms with van der Waals surface area (Å²) in [6.07, 6.45) is -1.77. The lowest BCUT2D eigenvalue weighted by molar-refractivity contribution is -0.274. The molecule has 272 valence electrons. The van der Waals surface area contributed by atoms with E-state index in [4.69, 9.17) is 35.3 Å². The van der Waals surface area contributed by atoms with Crippen molar-refractivity contribution >= 4 is 22.9 Å². The first kappa shape index (κ1) is 37.2. The lowest BCUT2D eigenvalue weighted by Crippen LogP contribution is -2.58. The van der Waals surface area contributed by atoms with E-state index in [1.54, 1.807) is 11.3 Å². The van der Waals surface area contributed by atoms with Crippen molar-refractivity contribution < 1.29 is 23.7 Å². The molecule has 5 nitrogen and oxygen atoms in total. The average Bonchev–Trinajstić information content (AvgIpc) is 3.57. The molecule has 0 spiro atoms. The van der Waals surface area contributed by atoms with E-state index in [9.17, 15) is 0 Å². The van der Waals surface area contributed by atoms with Gasteiger partial charge in [-0.05, 0) is 52.8 Å². The van der Waals surface area contributed by atoms with Gasteiger partial charge in [0.15, 0.2) is 0 Å². The zero-order valence-electron chi connectivity index (χ0n) is 29.9. The molecule has 0 radical (unpaired) electrons. The third-order valence-corrected chi connectivity index (χ3v) is 11.0. The molecule has 0 amide bonds. The Balaban J connectivity index is 1.24. The second-order valence-electron chi connectivity index (χ2n) is 13.5. The van der Waals surface area contributed by atoms with Gasteiger partial charge in [-0.15, -0.1) is 11.3 Å². The number of thiophene rings is 1. The molecule has 7 rings (SSSR count). The van der Waals surface area contributed by atoms with Gasteiger partial charge < -0.3 is 23.7 Å². The first-order valence-corrected chi connectivity index (χ1v) is 19.4. The Labute approximate surface area is 322 Å². The fourth-order valence-corrected chi connectivity index (χ4v) is 8.00. The second kappa shape index (κ2) is 18.8. The lowest BCUT2D eigenvalue weighted by Gasteiger charge is -2.46. The van der Waals surface area contributed by atoms with Gasteiger partial charge in [-0.3, -0.25) is 0 Å². The predicted molar refractivity (Wildman–Crippen MR) is 212 cm³/mol. The number of rotatable bonds is 16. The number of ether oxygens (including phenoxy) is 5. The predicted octanol–water partition coefficient (Wildman–Crippen LogP) is 10.7. The van der Waals surface area contributed by atoms with E-state index >= 15 is 0 Å². The van der Waals surface area contributed by atoms with E-state index in [0.29, 0.717) is 33.0 Å². The fourth-order valence-electron chi connectivity index (χ4n) is 6.63. The van der Waals surface area contributed by atoms with Gasteiger partial charge in [0.1, 0.15) is 30.5 Å². The van der Waals surface area contributed by atoms with Crippen LogP contribution >= 0.6 is 22.9 Å². The van der Waals surface area contributed by atoms with E-state index < -0.39 is 30.5 Å². The molecule has 1 aliphatic rings. The summed E-state index contributed by atoms with van der Waals surface area (Å²) in [7, 11) is 0. The SMILES string of the molecule is Cc1ccc(Cc2cc([C@@H]3O[C@H](COCc4ccccc4)[C@@H](OCc4ccccc4)[C@H](OCc4ccccc4)[C@H]3OCc3ccccc3)sc2Cl)cc1. The van der Waals surface area contributed by atoms with E-state index in [2.05, 4.69) is 85.8 Å². The van der Waals surface area contributed by atoms with E-state index in [1.165, 1.54) is 11.1 Å². The molecule has 5 atom stereocenters. The first-order valence-electron chi connectivity index (χ1n) is 18.2. The molecule has 53 heavy (non-hydrogen) atoms. The number of halogens is 1. The highest BCUT2D eigenvalue weighted by Crippen LogP contribution is 2.43. The van der Waals surface area contributed by atoms with E-state index in [-0.39, 0.29) is 0 Å². The minimum atomic E-state index is -0.521. The summed E-state index contributed by atoms with van der Waals surface area (Å²) in [4.78, 5) is 0.984. The summed E-state index contributed by atoms with van der Waals surface area (Å²) in [5.74, 6) is 0. The molecule has 1 fully saturated rings. The van der Waals surface area contributed by atoms with Crippen molar-refractivity contribution in [2.45, 2.75) is 70.3 Å². The van der Waals surface area contributed by atoms with Crippen LogP contribution in [0.1, 0.15) is 49.9 Å². The quantitative estimate of drug-likeness (QED) is 0.0987. The van der Waals surface area contributed by atoms with Crippen LogP contribution in [0.15, 0.2) is 152 Å². The molecule has 7 heteroatoms. The molecular weight excluding hydrogens is 700 g/mol. The normalized spacial score (nSPS) is 20.0. The summed E-state index contributed by atoms with van der Waals surface area (Å²) < 4.78 is 35.0. The van der Waals surface area contributed by atoms with Crippen LogP contribution < -0.4 is 0 Å². The van der Waals surface area contributed by atoms with Crippen LogP contribution in [0.25, 0.3) is 0 Å². The maximum Gasteiger partial charge on any atom is 0.121 e. The minimum Gasteiger partial charge on any atom is -0.374 e. The zero-order valence-corrected chi connectivity index (χ0v) is 31.5. The van der Waals surface area contributed by atoms with Crippen molar-refractivity contribution in [3.8, 4) is 0 Å². The zero-order chi connectivity index (χ0) is 36.2. The summed E-state index contributed by atoms with van der Waals surface area (Å²) in [6, 6.07) is 51.6. The standard InChI is InChI=1S/C46H45ClO5S/c1-33-22-24-34(25-23-33)26-39-27-41(53-46(39)47)43-45(51-31-38-20-12-5-13-21-38)44(50-30-37-18-10-4-11-19-37)42(49-29-36-16-8-3-9-17-36)40(52-43)32-48-28-35-14-6-2-7-15-35/h2-25,27,40,42-45H,26,28-32H2,1H3/t40-,42-,43+,44+,45+/m1/s1. The molecule has 1 saturated heterocycles. The molecular formula is C46H45ClO5S. The van der Waals surface area contributed by atoms with Gasteiger partial charge in [-0.25, -0.2) is 0 Å². The Morgan fingerprint density at radius 2 is 1.02 bits per heavy atom. The summed E-state index contributed by atoms with van der Waals surface area (Å²) >= 11 is 8.56. The van der Waals surface area contributed by atoms with Crippen LogP contribution in [0.5, 0.6) is 0 Å². The van der Waals surface area contributed by atoms with Gasteiger partial charge in [-0.2, -0.15) is 0 Å². The number of aryl methyl sites for hydroxylation is 1. The Kier molecular flexibility index (Phi) is 13.2. The van der Waals surface area contributed by atoms with Crippen LogP contribution in [0, 0.1) is 6.92 Å². The highest BCUT2D eigenvalue weighted by atomic mass is 35.5. The van der Waals surface area contributed by atoms with Crippen molar-refractivity contribution in [3.05, 3.63) is 200 Å². The van der Waals surface area contributed by atoms with Crippen molar-refractivity contribution in [2.75, 3.05) is 6.61 Å². The maximum absolute atomic E-state index is 7.13. The van der Waals surface area contributed by atoms with Crippen LogP contribution in [0.2, 0.25) is 4.34 Å². The molecule has 1 aromatic heterocycles. The third-order valence-electron chi connectivity index (χ3n) is 9.46. The number of benzene rings is 5. The highest BCUT2D eigenvalue weighted by molar-refractivity contribution is 7.16. The monoisotopic (exact) mass is 744 g/mol. The summed E-state index contributed by atoms with van der Waals surface area (Å²) in [5.41, 5.74) is 7.77. The van der Waals surface area contributed by atoms with Crippen molar-refractivity contribution in [3.63, 3.8) is 0 Å². The topological polar surface area (TPSA) is 46.2 Å². The maximum atomic E-state index is 7.13. The fraction of sp³-hybridized carbons (Fsp3) is 0.261. The molecule has 2 heterocycles. The first-order chi connectivity index (χ1) is 26.1. The highest BCUT2D eigenvalue weighted by Gasteiger charge is 2.49. The second-order valence-corrected chi connectivity index (χ2v) is 15.2. The summed E-state index contributed by atoms with van der Waals surface area (Å²) in [5, 5.41) is 0. The Hall–Kier alpha value is -4.11. The van der Waals surface area contributed by atoms with Gasteiger partial charge in [0.05, 0.1) is 37.4 Å². The molecule has 5 aromatic carbocycles. The van der Waals surface area contributed by atoms with Gasteiger partial charge >= 0.3 is 0 Å². The third kappa shape index (κ3) is 10.3. The molecule has 0 N–H and O–H groups in total. The number of hydrogen-bond donors (Lipinski definition) is 0. The summed E-state index contributed by atoms with van der Waals surface area (Å²) in [6.45, 7) is 4.00. The van der Waals surface area contributed by atoms with E-state index in [1.807, 2.05) is 72.8 Å². The van der Waals surface area contributed by atoms with Gasteiger partial charge in [0.25, 0.3) is 0 Å². The smallest absolute Gasteiger partial charge is 0.121 e. The van der Waals surface area contributed by atoms with Crippen LogP contribution in [0.3, 0.4) is 0 Å². The van der Waals surface area contributed by atoms with Crippen LogP contribution in [0.4, 0.5) is 0 Å². The van der Waals surface area contributed by atoms with Crippen molar-refractivity contribution in [2.24, 2.45) is 0 Å². The van der Waals surface area contributed by atoms with Crippen molar-refractivity contribution in [1.29, 1.82) is 0 Å². The Morgan fingerprint density at radius 3 is 1.55 bits per heavy atom. The Morgan fingerprint density at radius 1 is 0.547 bits per heavy atom. The molecule has 0 saturated carbocycles. The minimum absolute atomic E-state index is 0.302. The largest absolute Gasteiger partial charge is 0.374 e. The molecule has 0 unspecified atom stereocenters. The van der Waals surface area contributed by atoms with Crippen LogP contribution in [-0.4, -0.2) is 31.0 Å². The van der Waals surface area contributed by atoms with Crippen molar-refractivity contribution in [1.82, 2.24) is 0 Å². The molecule has 0 bridgehead atoms. The van der Waals surface area contributed by atoms with E-state index in [0.717, 1.165) is 43.5 Å². The Bertz CT molecular complexity index is 1950. The van der Waals surface area contributed by atoms with Gasteiger partial charge in [-0.1, -0.05) is 163 Å².